The van der Waals surface area contributed by atoms with E-state index in [0.717, 1.165) is 23.0 Å². The Morgan fingerprint density at radius 2 is 1.76 bits per heavy atom. The molecule has 1 fully saturated rings. The quantitative estimate of drug-likeness (QED) is 0.390. The maximum atomic E-state index is 13.4. The van der Waals surface area contributed by atoms with E-state index in [-0.39, 0.29) is 24.8 Å². The molecule has 4 aromatic rings. The average molecular weight is 498 g/mol. The van der Waals surface area contributed by atoms with E-state index < -0.39 is 11.6 Å². The zero-order valence-corrected chi connectivity index (χ0v) is 20.9. The Balaban J connectivity index is 1.29. The summed E-state index contributed by atoms with van der Waals surface area (Å²) < 4.78 is 1.70. The molecular weight excluding hydrogens is 466 g/mol. The van der Waals surface area contributed by atoms with Crippen LogP contribution in [0.1, 0.15) is 36.0 Å². The molecule has 1 aliphatic heterocycles. The predicted molar refractivity (Wildman–Crippen MR) is 140 cm³/mol. The van der Waals surface area contributed by atoms with Crippen LogP contribution in [0.5, 0.6) is 0 Å². The number of aromatic nitrogens is 3. The third kappa shape index (κ3) is 5.39. The molecule has 2 N–H and O–H groups in total. The van der Waals surface area contributed by atoms with E-state index in [1.165, 1.54) is 5.56 Å². The first-order chi connectivity index (χ1) is 17.9. The maximum Gasteiger partial charge on any atom is 0.243 e. The highest BCUT2D eigenvalue weighted by Gasteiger charge is 2.48. The normalized spacial score (nSPS) is 19.3. The summed E-state index contributed by atoms with van der Waals surface area (Å²) in [5.74, 6) is -0.397. The van der Waals surface area contributed by atoms with E-state index in [9.17, 15) is 14.7 Å². The third-order valence-electron chi connectivity index (χ3n) is 7.11. The number of fused-ring (bicyclic) bond motifs is 1. The molecule has 0 saturated carbocycles. The van der Waals surface area contributed by atoms with Crippen molar-refractivity contribution in [3.05, 3.63) is 95.6 Å². The minimum absolute atomic E-state index is 0.0881. The molecule has 2 atom stereocenters. The number of β-amino-alcohol motifs (C(OH)–C–C–N with tert-alkyl or cyclic N) is 1. The lowest BCUT2D eigenvalue weighted by Crippen LogP contribution is -2.45. The standard InChI is InChI=1S/C29H31N5O3/c1-33-25-16-15-22(17-24(25)31-32-33)19-30-28(36)26-18-29(37,23-12-6-3-7-13-23)20-34(26)27(35)14-8-11-21-9-4-2-5-10-21/h2-7,9-10,12-13,15-17,26,37H,8,11,14,18-20H2,1H3,(H,30,36)/t26-,29-/m0/s1. The molecule has 8 nitrogen and oxygen atoms in total. The van der Waals surface area contributed by atoms with E-state index in [2.05, 4.69) is 15.6 Å². The van der Waals surface area contributed by atoms with Crippen LogP contribution in [0.3, 0.4) is 0 Å². The lowest BCUT2D eigenvalue weighted by molar-refractivity contribution is -0.138. The molecule has 8 heteroatoms. The van der Waals surface area contributed by atoms with Crippen molar-refractivity contribution in [2.24, 2.45) is 7.05 Å². The number of likely N-dealkylation sites (tertiary alicyclic amines) is 1. The number of benzene rings is 3. The highest BCUT2D eigenvalue weighted by molar-refractivity contribution is 5.88. The Bertz CT molecular complexity index is 1390. The van der Waals surface area contributed by atoms with Crippen LogP contribution in [0.25, 0.3) is 11.0 Å². The second kappa shape index (κ2) is 10.5. The van der Waals surface area contributed by atoms with Crippen LogP contribution in [0.15, 0.2) is 78.9 Å². The number of rotatable bonds is 8. The minimum Gasteiger partial charge on any atom is -0.383 e. The molecule has 0 unspecified atom stereocenters. The van der Waals surface area contributed by atoms with E-state index in [1.807, 2.05) is 85.9 Å². The van der Waals surface area contributed by atoms with Gasteiger partial charge >= 0.3 is 0 Å². The van der Waals surface area contributed by atoms with Crippen molar-refractivity contribution in [2.45, 2.75) is 43.9 Å². The van der Waals surface area contributed by atoms with Crippen molar-refractivity contribution in [1.82, 2.24) is 25.2 Å². The molecule has 1 aromatic heterocycles. The summed E-state index contributed by atoms with van der Waals surface area (Å²) in [4.78, 5) is 28.2. The minimum atomic E-state index is -1.28. The first-order valence-electron chi connectivity index (χ1n) is 12.6. The number of hydrogen-bond donors (Lipinski definition) is 2. The number of aliphatic hydroxyl groups is 1. The van der Waals surface area contributed by atoms with Gasteiger partial charge in [-0.1, -0.05) is 71.9 Å². The molecule has 3 aromatic carbocycles. The van der Waals surface area contributed by atoms with E-state index >= 15 is 0 Å². The molecule has 2 heterocycles. The average Bonchev–Trinajstić information content (AvgIpc) is 3.49. The molecule has 0 radical (unpaired) electrons. The number of nitrogens with one attached hydrogen (secondary N) is 1. The molecule has 37 heavy (non-hydrogen) atoms. The van der Waals surface area contributed by atoms with Crippen molar-refractivity contribution in [2.75, 3.05) is 6.54 Å². The summed E-state index contributed by atoms with van der Waals surface area (Å²) in [5.41, 5.74) is 3.15. The van der Waals surface area contributed by atoms with Gasteiger partial charge in [0, 0.05) is 26.4 Å². The van der Waals surface area contributed by atoms with Gasteiger partial charge in [0.1, 0.15) is 17.2 Å². The van der Waals surface area contributed by atoms with Gasteiger partial charge in [0.15, 0.2) is 0 Å². The lowest BCUT2D eigenvalue weighted by atomic mass is 9.91. The van der Waals surface area contributed by atoms with Gasteiger partial charge in [-0.05, 0) is 41.7 Å². The van der Waals surface area contributed by atoms with Gasteiger partial charge in [-0.15, -0.1) is 5.10 Å². The molecule has 0 spiro atoms. The van der Waals surface area contributed by atoms with Gasteiger partial charge in [0.05, 0.1) is 12.1 Å². The van der Waals surface area contributed by atoms with Crippen molar-refractivity contribution < 1.29 is 14.7 Å². The summed E-state index contributed by atoms with van der Waals surface area (Å²) in [7, 11) is 1.83. The molecule has 0 bridgehead atoms. The highest BCUT2D eigenvalue weighted by Crippen LogP contribution is 2.36. The number of carbonyl (C=O) groups is 2. The summed E-state index contributed by atoms with van der Waals surface area (Å²) in [6, 6.07) is 24.3. The smallest absolute Gasteiger partial charge is 0.243 e. The fraction of sp³-hybridized carbons (Fsp3) is 0.310. The number of amides is 2. The van der Waals surface area contributed by atoms with Gasteiger partial charge in [-0.3, -0.25) is 9.59 Å². The van der Waals surface area contributed by atoms with Crippen molar-refractivity contribution in [1.29, 1.82) is 0 Å². The fourth-order valence-corrected chi connectivity index (χ4v) is 5.08. The topological polar surface area (TPSA) is 100 Å². The molecule has 2 amide bonds. The first kappa shape index (κ1) is 24.6. The Morgan fingerprint density at radius 3 is 2.51 bits per heavy atom. The summed E-state index contributed by atoms with van der Waals surface area (Å²) >= 11 is 0. The molecule has 1 aliphatic rings. The number of hydrogen-bond acceptors (Lipinski definition) is 5. The SMILES string of the molecule is Cn1nnc2cc(CNC(=O)[C@@H]3C[C@@](O)(c4ccccc4)CN3C(=O)CCCc3ccccc3)ccc21. The molecule has 190 valence electrons. The van der Waals surface area contributed by atoms with E-state index in [4.69, 9.17) is 0 Å². The second-order valence-electron chi connectivity index (χ2n) is 9.73. The van der Waals surface area contributed by atoms with Crippen molar-refractivity contribution in [3.63, 3.8) is 0 Å². The summed E-state index contributed by atoms with van der Waals surface area (Å²) in [5, 5.41) is 22.6. The Kier molecular flexibility index (Phi) is 7.01. The van der Waals surface area contributed by atoms with Gasteiger partial charge in [0.2, 0.25) is 11.8 Å². The fourth-order valence-electron chi connectivity index (χ4n) is 5.08. The first-order valence-corrected chi connectivity index (χ1v) is 12.6. The predicted octanol–water partition coefficient (Wildman–Crippen LogP) is 3.10. The van der Waals surface area contributed by atoms with Crippen LogP contribution in [0.2, 0.25) is 0 Å². The maximum absolute atomic E-state index is 13.4. The molecule has 0 aliphatic carbocycles. The van der Waals surface area contributed by atoms with Crippen molar-refractivity contribution in [3.8, 4) is 0 Å². The zero-order valence-electron chi connectivity index (χ0n) is 20.9. The Morgan fingerprint density at radius 1 is 1.03 bits per heavy atom. The number of aryl methyl sites for hydroxylation is 2. The summed E-state index contributed by atoms with van der Waals surface area (Å²) in [6.07, 6.45) is 1.92. The van der Waals surface area contributed by atoms with Crippen LogP contribution in [-0.2, 0) is 35.2 Å². The van der Waals surface area contributed by atoms with Gasteiger partial charge in [-0.25, -0.2) is 4.68 Å². The van der Waals surface area contributed by atoms with Crippen LogP contribution in [0.4, 0.5) is 0 Å². The van der Waals surface area contributed by atoms with Gasteiger partial charge < -0.3 is 15.3 Å². The van der Waals surface area contributed by atoms with Crippen molar-refractivity contribution >= 4 is 22.8 Å². The largest absolute Gasteiger partial charge is 0.383 e. The van der Waals surface area contributed by atoms with Crippen LogP contribution in [-0.4, -0.2) is 49.4 Å². The van der Waals surface area contributed by atoms with E-state index in [1.54, 1.807) is 9.58 Å². The van der Waals surface area contributed by atoms with E-state index in [0.29, 0.717) is 24.9 Å². The third-order valence-corrected chi connectivity index (χ3v) is 7.11. The zero-order chi connectivity index (χ0) is 25.8. The highest BCUT2D eigenvalue weighted by atomic mass is 16.3. The molecular formula is C29H31N5O3. The van der Waals surface area contributed by atoms with Crippen LogP contribution < -0.4 is 5.32 Å². The monoisotopic (exact) mass is 497 g/mol. The van der Waals surface area contributed by atoms with Crippen LogP contribution in [0, 0.1) is 0 Å². The van der Waals surface area contributed by atoms with Gasteiger partial charge in [-0.2, -0.15) is 0 Å². The number of nitrogens with zero attached hydrogens (tertiary/aromatic N) is 4. The molecule has 5 rings (SSSR count). The lowest BCUT2D eigenvalue weighted by Gasteiger charge is -2.25. The van der Waals surface area contributed by atoms with Gasteiger partial charge in [0.25, 0.3) is 0 Å². The number of carbonyl (C=O) groups excluding carboxylic acids is 2. The molecule has 1 saturated heterocycles. The second-order valence-corrected chi connectivity index (χ2v) is 9.73. The summed E-state index contributed by atoms with van der Waals surface area (Å²) in [6.45, 7) is 0.381. The van der Waals surface area contributed by atoms with Crippen LogP contribution >= 0.6 is 0 Å². The Labute approximate surface area is 215 Å². The Hall–Kier alpha value is -4.04.